The van der Waals surface area contributed by atoms with Gasteiger partial charge in [-0.15, -0.1) is 0 Å². The molecule has 0 bridgehead atoms. The molecule has 2 aromatic rings. The zero-order valence-electron chi connectivity index (χ0n) is 14.1. The van der Waals surface area contributed by atoms with Gasteiger partial charge in [-0.2, -0.15) is 0 Å². The number of pyridine rings is 1. The highest BCUT2D eigenvalue weighted by atomic mass is 16.7. The first-order chi connectivity index (χ1) is 10.2. The molecular formula is C17H22BNO3. The van der Waals surface area contributed by atoms with Crippen LogP contribution in [0.1, 0.15) is 33.4 Å². The molecule has 1 fully saturated rings. The van der Waals surface area contributed by atoms with Crippen LogP contribution in [0.5, 0.6) is 5.75 Å². The molecule has 0 atom stereocenters. The molecule has 5 heteroatoms. The first-order valence-corrected chi connectivity index (χ1v) is 7.54. The summed E-state index contributed by atoms with van der Waals surface area (Å²) in [6, 6.07) is 8.06. The van der Waals surface area contributed by atoms with Gasteiger partial charge >= 0.3 is 7.12 Å². The Hall–Kier alpha value is -1.59. The van der Waals surface area contributed by atoms with E-state index in [1.807, 2.05) is 52.8 Å². The molecular weight excluding hydrogens is 277 g/mol. The number of rotatable bonds is 2. The largest absolute Gasteiger partial charge is 0.498 e. The van der Waals surface area contributed by atoms with Crippen LogP contribution < -0.4 is 10.2 Å². The van der Waals surface area contributed by atoms with E-state index in [4.69, 9.17) is 14.0 Å². The second-order valence-corrected chi connectivity index (χ2v) is 6.83. The molecule has 0 spiro atoms. The van der Waals surface area contributed by atoms with Gasteiger partial charge in [0.25, 0.3) is 0 Å². The molecule has 4 nitrogen and oxygen atoms in total. The number of nitrogens with zero attached hydrogens (tertiary/aromatic N) is 1. The molecule has 2 heterocycles. The van der Waals surface area contributed by atoms with Crippen molar-refractivity contribution < 1.29 is 14.0 Å². The predicted octanol–water partition coefficient (Wildman–Crippen LogP) is 2.85. The molecule has 3 rings (SSSR count). The predicted molar refractivity (Wildman–Crippen MR) is 88.7 cm³/mol. The number of aryl methyl sites for hydroxylation is 1. The van der Waals surface area contributed by atoms with Crippen molar-refractivity contribution in [3.05, 3.63) is 30.0 Å². The normalized spacial score (nSPS) is 19.6. The monoisotopic (exact) mass is 299 g/mol. The van der Waals surface area contributed by atoms with Crippen molar-refractivity contribution in [3.8, 4) is 5.75 Å². The Morgan fingerprint density at radius 3 is 2.27 bits per heavy atom. The van der Waals surface area contributed by atoms with E-state index in [-0.39, 0.29) is 11.2 Å². The Morgan fingerprint density at radius 2 is 1.68 bits per heavy atom. The fourth-order valence-electron chi connectivity index (χ4n) is 2.60. The van der Waals surface area contributed by atoms with E-state index in [1.54, 1.807) is 7.11 Å². The third-order valence-electron chi connectivity index (χ3n) is 4.69. The molecule has 0 saturated carbocycles. The molecule has 1 aliphatic heterocycles. The zero-order chi connectivity index (χ0) is 16.1. The molecule has 0 radical (unpaired) electrons. The molecule has 0 N–H and O–H groups in total. The van der Waals surface area contributed by atoms with Crippen LogP contribution in [0.2, 0.25) is 0 Å². The summed E-state index contributed by atoms with van der Waals surface area (Å²) >= 11 is 0. The van der Waals surface area contributed by atoms with Crippen LogP contribution in [0.25, 0.3) is 10.9 Å². The third-order valence-corrected chi connectivity index (χ3v) is 4.69. The highest BCUT2D eigenvalue weighted by Crippen LogP contribution is 2.37. The summed E-state index contributed by atoms with van der Waals surface area (Å²) in [7, 11) is 1.22. The smallest absolute Gasteiger partial charge is 0.497 e. The summed E-state index contributed by atoms with van der Waals surface area (Å²) in [5.74, 6) is 0.740. The molecule has 1 aliphatic rings. The lowest BCUT2D eigenvalue weighted by Gasteiger charge is -2.32. The molecule has 1 aromatic heterocycles. The molecule has 116 valence electrons. The second-order valence-electron chi connectivity index (χ2n) is 6.83. The van der Waals surface area contributed by atoms with Crippen LogP contribution in [0.4, 0.5) is 0 Å². The Kier molecular flexibility index (Phi) is 3.46. The maximum absolute atomic E-state index is 6.14. The van der Waals surface area contributed by atoms with E-state index < -0.39 is 7.12 Å². The average Bonchev–Trinajstić information content (AvgIpc) is 2.65. The highest BCUT2D eigenvalue weighted by Gasteiger charge is 2.52. The zero-order valence-corrected chi connectivity index (χ0v) is 14.1. The summed E-state index contributed by atoms with van der Waals surface area (Å²) < 4.78 is 17.8. The minimum atomic E-state index is -0.439. The number of ether oxygens (including phenoxy) is 1. The fourth-order valence-corrected chi connectivity index (χ4v) is 2.60. The Balaban J connectivity index is 2.09. The molecule has 0 amide bonds. The summed E-state index contributed by atoms with van der Waals surface area (Å²) in [6.45, 7) is 10.2. The second kappa shape index (κ2) is 4.96. The topological polar surface area (TPSA) is 40.6 Å². The van der Waals surface area contributed by atoms with E-state index in [9.17, 15) is 0 Å². The van der Waals surface area contributed by atoms with E-state index in [0.717, 1.165) is 27.8 Å². The highest BCUT2D eigenvalue weighted by molar-refractivity contribution is 6.63. The van der Waals surface area contributed by atoms with Crippen molar-refractivity contribution in [2.24, 2.45) is 0 Å². The van der Waals surface area contributed by atoms with Gasteiger partial charge in [0.2, 0.25) is 0 Å². The molecule has 1 aromatic carbocycles. The summed E-state index contributed by atoms with van der Waals surface area (Å²) in [6.07, 6.45) is 0. The van der Waals surface area contributed by atoms with Crippen LogP contribution in [0.3, 0.4) is 0 Å². The number of benzene rings is 1. The number of aromatic nitrogens is 1. The Labute approximate surface area is 131 Å². The number of methoxy groups -OCH3 is 1. The Morgan fingerprint density at radius 1 is 1.05 bits per heavy atom. The maximum atomic E-state index is 6.14. The van der Waals surface area contributed by atoms with E-state index >= 15 is 0 Å². The lowest BCUT2D eigenvalue weighted by atomic mass is 9.77. The number of hydrogen-bond donors (Lipinski definition) is 0. The van der Waals surface area contributed by atoms with Crippen molar-refractivity contribution in [3.63, 3.8) is 0 Å². The van der Waals surface area contributed by atoms with E-state index in [2.05, 4.69) is 11.1 Å². The van der Waals surface area contributed by atoms with Gasteiger partial charge in [-0.25, -0.2) is 0 Å². The minimum Gasteiger partial charge on any atom is -0.497 e. The first-order valence-electron chi connectivity index (χ1n) is 7.54. The average molecular weight is 299 g/mol. The lowest BCUT2D eigenvalue weighted by molar-refractivity contribution is 0.00578. The summed E-state index contributed by atoms with van der Waals surface area (Å²) in [5, 5.41) is 1.05. The minimum absolute atomic E-state index is 0.372. The SMILES string of the molecule is COc1cc2nc(C)ccc2cc1B1OC(C)(C)C(C)(C)O1. The molecule has 0 unspecified atom stereocenters. The van der Waals surface area contributed by atoms with Gasteiger partial charge in [0.15, 0.2) is 0 Å². The maximum Gasteiger partial charge on any atom is 0.498 e. The van der Waals surface area contributed by atoms with Crippen LogP contribution in [-0.4, -0.2) is 30.4 Å². The van der Waals surface area contributed by atoms with Crippen LogP contribution in [0, 0.1) is 6.92 Å². The standard InChI is InChI=1S/C17H22BNO3/c1-11-7-8-12-9-13(15(20-6)10-14(12)19-11)18-21-16(2,3)17(4,5)22-18/h7-10H,1-6H3. The summed E-state index contributed by atoms with van der Waals surface area (Å²) in [5.41, 5.74) is 2.06. The van der Waals surface area contributed by atoms with E-state index in [1.165, 1.54) is 0 Å². The summed E-state index contributed by atoms with van der Waals surface area (Å²) in [4.78, 5) is 4.55. The number of fused-ring (bicyclic) bond motifs is 1. The van der Waals surface area contributed by atoms with Gasteiger partial charge < -0.3 is 14.0 Å². The van der Waals surface area contributed by atoms with E-state index in [0.29, 0.717) is 0 Å². The molecule has 0 aliphatic carbocycles. The molecule has 22 heavy (non-hydrogen) atoms. The van der Waals surface area contributed by atoms with Crippen molar-refractivity contribution in [2.45, 2.75) is 45.8 Å². The van der Waals surface area contributed by atoms with Gasteiger partial charge in [0.1, 0.15) is 5.75 Å². The van der Waals surface area contributed by atoms with Crippen LogP contribution in [0.15, 0.2) is 24.3 Å². The van der Waals surface area contributed by atoms with Crippen molar-refractivity contribution in [1.82, 2.24) is 4.98 Å². The quantitative estimate of drug-likeness (QED) is 0.800. The first kappa shape index (κ1) is 15.3. The van der Waals surface area contributed by atoms with Crippen LogP contribution in [-0.2, 0) is 9.31 Å². The van der Waals surface area contributed by atoms with Crippen molar-refractivity contribution >= 4 is 23.5 Å². The van der Waals surface area contributed by atoms with Gasteiger partial charge in [-0.05, 0) is 46.8 Å². The van der Waals surface area contributed by atoms with Crippen LogP contribution >= 0.6 is 0 Å². The molecule has 1 saturated heterocycles. The van der Waals surface area contributed by atoms with Gasteiger partial charge in [-0.3, -0.25) is 4.98 Å². The van der Waals surface area contributed by atoms with Gasteiger partial charge in [0.05, 0.1) is 23.8 Å². The van der Waals surface area contributed by atoms with Crippen molar-refractivity contribution in [1.29, 1.82) is 0 Å². The number of hydrogen-bond acceptors (Lipinski definition) is 4. The van der Waals surface area contributed by atoms with Gasteiger partial charge in [0, 0.05) is 22.6 Å². The lowest BCUT2D eigenvalue weighted by Crippen LogP contribution is -2.41. The van der Waals surface area contributed by atoms with Crippen molar-refractivity contribution in [2.75, 3.05) is 7.11 Å². The Bertz CT molecular complexity index is 711. The third kappa shape index (κ3) is 2.38. The van der Waals surface area contributed by atoms with Gasteiger partial charge in [-0.1, -0.05) is 6.07 Å². The fraction of sp³-hybridized carbons (Fsp3) is 0.471.